The number of primary amides is 1. The zero-order chi connectivity index (χ0) is 17.0. The number of carbonyl (C=O) groups excluding carboxylic acids is 1. The summed E-state index contributed by atoms with van der Waals surface area (Å²) in [5.74, 6) is -1.31. The number of aromatic nitrogens is 2. The third-order valence-electron chi connectivity index (χ3n) is 2.97. The van der Waals surface area contributed by atoms with Crippen LogP contribution in [0.3, 0.4) is 0 Å². The number of nitrogens with zero attached hydrogens (tertiary/aromatic N) is 2. The van der Waals surface area contributed by atoms with Gasteiger partial charge in [0.2, 0.25) is 0 Å². The zero-order valence-electron chi connectivity index (χ0n) is 12.9. The fourth-order valence-corrected chi connectivity index (χ4v) is 1.91. The molecule has 0 aliphatic carbocycles. The maximum Gasteiger partial charge on any atom is 0.252 e. The van der Waals surface area contributed by atoms with E-state index in [2.05, 4.69) is 20.6 Å². The number of pyridine rings is 2. The first-order chi connectivity index (χ1) is 10.9. The average Bonchev–Trinajstić information content (AvgIpc) is 2.47. The molecule has 23 heavy (non-hydrogen) atoms. The molecule has 0 saturated heterocycles. The van der Waals surface area contributed by atoms with Crippen LogP contribution >= 0.6 is 0 Å². The SMILES string of the molecule is Cc1cncc(Nc2nc(NCC(C)N)c(F)cc2C(N)=O)c1. The number of nitrogens with one attached hydrogen (secondary N) is 2. The van der Waals surface area contributed by atoms with Crippen LogP contribution in [0.15, 0.2) is 24.5 Å². The molecular weight excluding hydrogens is 299 g/mol. The highest BCUT2D eigenvalue weighted by molar-refractivity contribution is 5.98. The number of carbonyl (C=O) groups is 1. The highest BCUT2D eigenvalue weighted by atomic mass is 19.1. The number of halogens is 1. The maximum absolute atomic E-state index is 14.0. The van der Waals surface area contributed by atoms with Crippen LogP contribution in [0.4, 0.5) is 21.7 Å². The van der Waals surface area contributed by atoms with Crippen LogP contribution in [-0.2, 0) is 0 Å². The van der Waals surface area contributed by atoms with Crippen LogP contribution in [-0.4, -0.2) is 28.5 Å². The number of nitrogens with two attached hydrogens (primary N) is 2. The van der Waals surface area contributed by atoms with E-state index in [9.17, 15) is 9.18 Å². The predicted octanol–water partition coefficient (Wildman–Crippen LogP) is 1.53. The quantitative estimate of drug-likeness (QED) is 0.641. The van der Waals surface area contributed by atoms with Crippen molar-refractivity contribution in [3.63, 3.8) is 0 Å². The van der Waals surface area contributed by atoms with Crippen molar-refractivity contribution in [2.24, 2.45) is 11.5 Å². The highest BCUT2D eigenvalue weighted by Gasteiger charge is 2.16. The van der Waals surface area contributed by atoms with E-state index in [-0.39, 0.29) is 23.2 Å². The van der Waals surface area contributed by atoms with E-state index in [4.69, 9.17) is 11.5 Å². The van der Waals surface area contributed by atoms with Crippen molar-refractivity contribution in [1.29, 1.82) is 0 Å². The van der Waals surface area contributed by atoms with Gasteiger partial charge in [0.1, 0.15) is 5.82 Å². The molecule has 2 heterocycles. The third-order valence-corrected chi connectivity index (χ3v) is 2.97. The van der Waals surface area contributed by atoms with Crippen molar-refractivity contribution < 1.29 is 9.18 Å². The summed E-state index contributed by atoms with van der Waals surface area (Å²) in [5.41, 5.74) is 12.4. The second-order valence-corrected chi connectivity index (χ2v) is 5.31. The van der Waals surface area contributed by atoms with Crippen molar-refractivity contribution in [2.75, 3.05) is 17.2 Å². The van der Waals surface area contributed by atoms with Gasteiger partial charge >= 0.3 is 0 Å². The number of aryl methyl sites for hydroxylation is 1. The smallest absolute Gasteiger partial charge is 0.252 e. The van der Waals surface area contributed by atoms with E-state index in [0.29, 0.717) is 12.2 Å². The Morgan fingerprint density at radius 2 is 2.09 bits per heavy atom. The summed E-state index contributed by atoms with van der Waals surface area (Å²) in [5, 5.41) is 5.73. The molecule has 122 valence electrons. The second kappa shape index (κ2) is 7.01. The molecule has 0 aromatic carbocycles. The first-order valence-electron chi connectivity index (χ1n) is 7.05. The van der Waals surface area contributed by atoms with E-state index >= 15 is 0 Å². The van der Waals surface area contributed by atoms with Crippen molar-refractivity contribution in [1.82, 2.24) is 9.97 Å². The van der Waals surface area contributed by atoms with Gasteiger partial charge in [-0.25, -0.2) is 9.37 Å². The minimum atomic E-state index is -0.779. The Hall–Kier alpha value is -2.74. The Bertz CT molecular complexity index is 719. The highest BCUT2D eigenvalue weighted by Crippen LogP contribution is 2.23. The van der Waals surface area contributed by atoms with Gasteiger partial charge in [0.15, 0.2) is 11.6 Å². The number of hydrogen-bond acceptors (Lipinski definition) is 6. The molecule has 2 aromatic heterocycles. The fraction of sp³-hybridized carbons (Fsp3) is 0.267. The minimum absolute atomic E-state index is 0.00425. The summed E-state index contributed by atoms with van der Waals surface area (Å²) < 4.78 is 14.0. The number of rotatable bonds is 6. The molecule has 0 spiro atoms. The van der Waals surface area contributed by atoms with E-state index in [1.54, 1.807) is 19.3 Å². The van der Waals surface area contributed by atoms with Gasteiger partial charge in [-0.3, -0.25) is 9.78 Å². The molecule has 7 nitrogen and oxygen atoms in total. The Morgan fingerprint density at radius 1 is 1.35 bits per heavy atom. The van der Waals surface area contributed by atoms with Crippen LogP contribution in [0, 0.1) is 12.7 Å². The molecule has 2 rings (SSSR count). The van der Waals surface area contributed by atoms with Crippen LogP contribution < -0.4 is 22.1 Å². The Kier molecular flexibility index (Phi) is 5.07. The monoisotopic (exact) mass is 318 g/mol. The first-order valence-corrected chi connectivity index (χ1v) is 7.05. The summed E-state index contributed by atoms with van der Waals surface area (Å²) in [4.78, 5) is 19.7. The van der Waals surface area contributed by atoms with Gasteiger partial charge in [-0.2, -0.15) is 0 Å². The summed E-state index contributed by atoms with van der Waals surface area (Å²) >= 11 is 0. The molecule has 1 amide bonds. The lowest BCUT2D eigenvalue weighted by Gasteiger charge is -2.14. The summed E-state index contributed by atoms with van der Waals surface area (Å²) in [6.07, 6.45) is 3.26. The Balaban J connectivity index is 2.38. The number of anilines is 3. The van der Waals surface area contributed by atoms with E-state index in [0.717, 1.165) is 11.6 Å². The lowest BCUT2D eigenvalue weighted by molar-refractivity contribution is 0.100. The van der Waals surface area contributed by atoms with Crippen molar-refractivity contribution in [3.8, 4) is 0 Å². The van der Waals surface area contributed by atoms with Gasteiger partial charge in [-0.15, -0.1) is 0 Å². The molecule has 0 aliphatic heterocycles. The standard InChI is InChI=1S/C15H19FN6O/c1-8-3-10(7-19-5-8)21-14-11(13(18)23)4-12(16)15(22-14)20-6-9(2)17/h3-5,7,9H,6,17H2,1-2H3,(H2,18,23)(H2,20,21,22). The van der Waals surface area contributed by atoms with E-state index < -0.39 is 11.7 Å². The van der Waals surface area contributed by atoms with Crippen LogP contribution in [0.1, 0.15) is 22.8 Å². The molecular formula is C15H19FN6O. The van der Waals surface area contributed by atoms with Gasteiger partial charge in [-0.1, -0.05) is 0 Å². The minimum Gasteiger partial charge on any atom is -0.366 e. The Labute approximate surface area is 133 Å². The van der Waals surface area contributed by atoms with E-state index in [1.807, 2.05) is 13.0 Å². The summed E-state index contributed by atoms with van der Waals surface area (Å²) in [6, 6.07) is 2.69. The first kappa shape index (κ1) is 16.6. The Morgan fingerprint density at radius 3 is 2.70 bits per heavy atom. The summed E-state index contributed by atoms with van der Waals surface area (Å²) in [7, 11) is 0. The second-order valence-electron chi connectivity index (χ2n) is 5.31. The van der Waals surface area contributed by atoms with Crippen molar-refractivity contribution in [2.45, 2.75) is 19.9 Å². The molecule has 0 aliphatic rings. The van der Waals surface area contributed by atoms with Crippen LogP contribution in [0.2, 0.25) is 0 Å². The third kappa shape index (κ3) is 4.36. The number of hydrogen-bond donors (Lipinski definition) is 4. The topological polar surface area (TPSA) is 119 Å². The van der Waals surface area contributed by atoms with Gasteiger partial charge in [0.05, 0.1) is 17.4 Å². The average molecular weight is 318 g/mol. The molecule has 1 unspecified atom stereocenters. The normalized spacial score (nSPS) is 11.8. The maximum atomic E-state index is 14.0. The van der Waals surface area contributed by atoms with Gasteiger partial charge in [0.25, 0.3) is 5.91 Å². The molecule has 0 fully saturated rings. The van der Waals surface area contributed by atoms with Crippen molar-refractivity contribution >= 4 is 23.2 Å². The molecule has 1 atom stereocenters. The molecule has 6 N–H and O–H groups in total. The molecule has 2 aromatic rings. The van der Waals surface area contributed by atoms with Gasteiger partial charge in [0, 0.05) is 18.8 Å². The largest absolute Gasteiger partial charge is 0.366 e. The molecule has 0 saturated carbocycles. The molecule has 0 bridgehead atoms. The van der Waals surface area contributed by atoms with Gasteiger partial charge in [-0.05, 0) is 31.5 Å². The predicted molar refractivity (Wildman–Crippen MR) is 87.1 cm³/mol. The lowest BCUT2D eigenvalue weighted by atomic mass is 10.2. The molecule has 0 radical (unpaired) electrons. The lowest BCUT2D eigenvalue weighted by Crippen LogP contribution is -2.26. The number of amides is 1. The summed E-state index contributed by atoms with van der Waals surface area (Å²) in [6.45, 7) is 3.99. The van der Waals surface area contributed by atoms with E-state index in [1.165, 1.54) is 0 Å². The molecule has 8 heteroatoms. The zero-order valence-corrected chi connectivity index (χ0v) is 12.9. The van der Waals surface area contributed by atoms with Gasteiger partial charge < -0.3 is 22.1 Å². The van der Waals surface area contributed by atoms with Crippen LogP contribution in [0.5, 0.6) is 0 Å². The fourth-order valence-electron chi connectivity index (χ4n) is 1.91. The van der Waals surface area contributed by atoms with Crippen molar-refractivity contribution in [3.05, 3.63) is 41.5 Å². The van der Waals surface area contributed by atoms with Crippen LogP contribution in [0.25, 0.3) is 0 Å².